The standard InChI is InChI=1S/C14H12N2O2/c17-8-10-6-15-14(16-7-10)12-5-11-3-1-2-4-13(11)18-9-12/h1-4,6-8,12H,5,9H2. The summed E-state index contributed by atoms with van der Waals surface area (Å²) in [6.07, 6.45) is 4.72. The van der Waals surface area contributed by atoms with Gasteiger partial charge in [-0.05, 0) is 18.1 Å². The molecule has 0 radical (unpaired) electrons. The Balaban J connectivity index is 1.84. The van der Waals surface area contributed by atoms with Crippen LogP contribution in [0, 0.1) is 0 Å². The molecule has 18 heavy (non-hydrogen) atoms. The van der Waals surface area contributed by atoms with Gasteiger partial charge in [-0.25, -0.2) is 9.97 Å². The Morgan fingerprint density at radius 1 is 1.22 bits per heavy atom. The first-order valence-electron chi connectivity index (χ1n) is 5.84. The third kappa shape index (κ3) is 1.97. The van der Waals surface area contributed by atoms with Gasteiger partial charge in [0.1, 0.15) is 11.6 Å². The van der Waals surface area contributed by atoms with Crippen LogP contribution in [0.3, 0.4) is 0 Å². The zero-order valence-electron chi connectivity index (χ0n) is 9.74. The highest BCUT2D eigenvalue weighted by atomic mass is 16.5. The minimum absolute atomic E-state index is 0.153. The van der Waals surface area contributed by atoms with Crippen molar-refractivity contribution in [1.29, 1.82) is 0 Å². The smallest absolute Gasteiger partial charge is 0.153 e. The monoisotopic (exact) mass is 240 g/mol. The van der Waals surface area contributed by atoms with Gasteiger partial charge in [-0.1, -0.05) is 18.2 Å². The first-order valence-corrected chi connectivity index (χ1v) is 5.84. The zero-order chi connectivity index (χ0) is 12.4. The van der Waals surface area contributed by atoms with Crippen LogP contribution in [-0.4, -0.2) is 22.9 Å². The summed E-state index contributed by atoms with van der Waals surface area (Å²) in [6, 6.07) is 8.00. The van der Waals surface area contributed by atoms with Gasteiger partial charge in [-0.15, -0.1) is 0 Å². The molecule has 90 valence electrons. The number of aromatic nitrogens is 2. The molecule has 0 N–H and O–H groups in total. The molecule has 0 fully saturated rings. The Kier molecular flexibility index (Phi) is 2.76. The van der Waals surface area contributed by atoms with Gasteiger partial charge in [0.25, 0.3) is 0 Å². The van der Waals surface area contributed by atoms with Crippen molar-refractivity contribution in [3.05, 3.63) is 53.6 Å². The average Bonchev–Trinajstić information content (AvgIpc) is 2.47. The second kappa shape index (κ2) is 4.56. The van der Waals surface area contributed by atoms with E-state index >= 15 is 0 Å². The van der Waals surface area contributed by atoms with E-state index in [1.54, 1.807) is 12.4 Å². The third-order valence-electron chi connectivity index (χ3n) is 3.07. The van der Waals surface area contributed by atoms with Crippen molar-refractivity contribution in [2.75, 3.05) is 6.61 Å². The van der Waals surface area contributed by atoms with Crippen molar-refractivity contribution in [1.82, 2.24) is 9.97 Å². The van der Waals surface area contributed by atoms with E-state index in [0.717, 1.165) is 24.3 Å². The summed E-state index contributed by atoms with van der Waals surface area (Å²) in [7, 11) is 0. The number of nitrogens with zero attached hydrogens (tertiary/aromatic N) is 2. The van der Waals surface area contributed by atoms with Crippen molar-refractivity contribution in [3.8, 4) is 5.75 Å². The summed E-state index contributed by atoms with van der Waals surface area (Å²) in [6.45, 7) is 0.581. The minimum Gasteiger partial charge on any atom is -0.493 e. The first-order chi connectivity index (χ1) is 8.86. The molecule has 3 rings (SSSR count). The van der Waals surface area contributed by atoms with E-state index in [9.17, 15) is 4.79 Å². The van der Waals surface area contributed by atoms with Crippen molar-refractivity contribution >= 4 is 6.29 Å². The first kappa shape index (κ1) is 10.9. The molecule has 1 atom stereocenters. The molecule has 2 heterocycles. The number of para-hydroxylation sites is 1. The molecule has 1 aliphatic heterocycles. The van der Waals surface area contributed by atoms with Crippen LogP contribution in [-0.2, 0) is 6.42 Å². The number of carbonyl (C=O) groups excluding carboxylic acids is 1. The Hall–Kier alpha value is -2.23. The second-order valence-electron chi connectivity index (χ2n) is 4.31. The lowest BCUT2D eigenvalue weighted by Gasteiger charge is -2.24. The number of hydrogen-bond acceptors (Lipinski definition) is 4. The average molecular weight is 240 g/mol. The molecular weight excluding hydrogens is 228 g/mol. The van der Waals surface area contributed by atoms with Crippen LogP contribution >= 0.6 is 0 Å². The maximum absolute atomic E-state index is 10.6. The van der Waals surface area contributed by atoms with E-state index < -0.39 is 0 Å². The predicted molar refractivity (Wildman–Crippen MR) is 65.8 cm³/mol. The summed E-state index contributed by atoms with van der Waals surface area (Å²) < 4.78 is 5.70. The molecule has 1 unspecified atom stereocenters. The molecule has 4 heteroatoms. The van der Waals surface area contributed by atoms with Gasteiger partial charge in [0.2, 0.25) is 0 Å². The van der Waals surface area contributed by atoms with Crippen LogP contribution in [0.25, 0.3) is 0 Å². The molecule has 0 saturated carbocycles. The maximum Gasteiger partial charge on any atom is 0.153 e. The molecule has 1 aromatic carbocycles. The lowest BCUT2D eigenvalue weighted by atomic mass is 9.96. The third-order valence-corrected chi connectivity index (χ3v) is 3.07. The predicted octanol–water partition coefficient (Wildman–Crippen LogP) is 2.01. The van der Waals surface area contributed by atoms with Crippen molar-refractivity contribution in [2.45, 2.75) is 12.3 Å². The van der Waals surface area contributed by atoms with Crippen LogP contribution in [0.5, 0.6) is 5.75 Å². The summed E-state index contributed by atoms with van der Waals surface area (Å²) in [5.41, 5.74) is 1.67. The topological polar surface area (TPSA) is 52.1 Å². The number of fused-ring (bicyclic) bond motifs is 1. The summed E-state index contributed by atoms with van der Waals surface area (Å²) >= 11 is 0. The van der Waals surface area contributed by atoms with Gasteiger partial charge in [0.05, 0.1) is 18.1 Å². The Labute approximate surface area is 105 Å². The Morgan fingerprint density at radius 2 is 2.00 bits per heavy atom. The van der Waals surface area contributed by atoms with Gasteiger partial charge in [0, 0.05) is 12.4 Å². The molecule has 0 amide bonds. The number of benzene rings is 1. The van der Waals surface area contributed by atoms with Gasteiger partial charge >= 0.3 is 0 Å². The molecular formula is C14H12N2O2. The highest BCUT2D eigenvalue weighted by molar-refractivity contribution is 5.73. The Bertz CT molecular complexity index is 566. The van der Waals surface area contributed by atoms with E-state index in [2.05, 4.69) is 16.0 Å². The normalized spacial score (nSPS) is 17.7. The van der Waals surface area contributed by atoms with E-state index in [-0.39, 0.29) is 5.92 Å². The number of rotatable bonds is 2. The van der Waals surface area contributed by atoms with Crippen molar-refractivity contribution < 1.29 is 9.53 Å². The lowest BCUT2D eigenvalue weighted by molar-refractivity contribution is 0.112. The highest BCUT2D eigenvalue weighted by Crippen LogP contribution is 2.30. The van der Waals surface area contributed by atoms with E-state index in [0.29, 0.717) is 12.2 Å². The molecule has 0 bridgehead atoms. The van der Waals surface area contributed by atoms with Gasteiger partial charge in [0.15, 0.2) is 6.29 Å². The summed E-state index contributed by atoms with van der Waals surface area (Å²) in [5.74, 6) is 1.83. The van der Waals surface area contributed by atoms with Crippen LogP contribution in [0.1, 0.15) is 27.7 Å². The van der Waals surface area contributed by atoms with Crippen LogP contribution in [0.4, 0.5) is 0 Å². The van der Waals surface area contributed by atoms with E-state index in [1.807, 2.05) is 18.2 Å². The molecule has 0 aliphatic carbocycles. The summed E-state index contributed by atoms with van der Waals surface area (Å²) in [5, 5.41) is 0. The minimum atomic E-state index is 0.153. The lowest BCUT2D eigenvalue weighted by Crippen LogP contribution is -2.21. The SMILES string of the molecule is O=Cc1cnc(C2COc3ccccc3C2)nc1. The fourth-order valence-corrected chi connectivity index (χ4v) is 2.11. The van der Waals surface area contributed by atoms with Gasteiger partial charge in [-0.3, -0.25) is 4.79 Å². The number of carbonyl (C=O) groups is 1. The molecule has 1 aromatic heterocycles. The molecule has 0 saturated heterocycles. The quantitative estimate of drug-likeness (QED) is 0.753. The summed E-state index contributed by atoms with van der Waals surface area (Å²) in [4.78, 5) is 19.0. The van der Waals surface area contributed by atoms with E-state index in [4.69, 9.17) is 4.74 Å². The van der Waals surface area contributed by atoms with Gasteiger partial charge in [-0.2, -0.15) is 0 Å². The van der Waals surface area contributed by atoms with Crippen LogP contribution < -0.4 is 4.74 Å². The second-order valence-corrected chi connectivity index (χ2v) is 4.31. The fraction of sp³-hybridized carbons (Fsp3) is 0.214. The van der Waals surface area contributed by atoms with Crippen molar-refractivity contribution in [3.63, 3.8) is 0 Å². The highest BCUT2D eigenvalue weighted by Gasteiger charge is 2.22. The zero-order valence-corrected chi connectivity index (χ0v) is 9.74. The molecule has 4 nitrogen and oxygen atoms in total. The fourth-order valence-electron chi connectivity index (χ4n) is 2.11. The van der Waals surface area contributed by atoms with E-state index in [1.165, 1.54) is 5.56 Å². The van der Waals surface area contributed by atoms with Crippen LogP contribution in [0.2, 0.25) is 0 Å². The molecule has 0 spiro atoms. The number of hydrogen-bond donors (Lipinski definition) is 0. The largest absolute Gasteiger partial charge is 0.493 e. The number of ether oxygens (including phenoxy) is 1. The van der Waals surface area contributed by atoms with Crippen LogP contribution in [0.15, 0.2) is 36.7 Å². The number of aldehydes is 1. The van der Waals surface area contributed by atoms with Gasteiger partial charge < -0.3 is 4.74 Å². The van der Waals surface area contributed by atoms with Crippen molar-refractivity contribution in [2.24, 2.45) is 0 Å². The Morgan fingerprint density at radius 3 is 2.78 bits per heavy atom. The molecule has 1 aliphatic rings. The molecule has 2 aromatic rings. The maximum atomic E-state index is 10.6.